The molecule has 0 bridgehead atoms. The maximum absolute atomic E-state index is 14.7. The molecule has 400 valence electrons. The summed E-state index contributed by atoms with van der Waals surface area (Å²) < 4.78 is 0. The van der Waals surface area contributed by atoms with E-state index in [2.05, 4.69) is 41.5 Å². The molecule has 2 aliphatic rings. The van der Waals surface area contributed by atoms with E-state index in [0.29, 0.717) is 36.1 Å². The Bertz CT molecular complexity index is 2480. The van der Waals surface area contributed by atoms with Crippen molar-refractivity contribution in [2.24, 2.45) is 22.2 Å². The number of hydrogen-bond donors (Lipinski definition) is 12. The molecule has 0 unspecified atom stereocenters. The molecule has 2 aromatic carbocycles. The lowest BCUT2D eigenvalue weighted by molar-refractivity contribution is -0.149. The fraction of sp³-hybridized carbons (Fsp3) is 0.490. The molecule has 2 fully saturated rings. The van der Waals surface area contributed by atoms with Gasteiger partial charge in [0.25, 0.3) is 0 Å². The lowest BCUT2D eigenvalue weighted by Gasteiger charge is -2.40. The number of carbonyl (C=O) groups excluding carboxylic acids is 7. The smallest absolute Gasteiger partial charge is 0.326 e. The molecule has 7 atom stereocenters. The van der Waals surface area contributed by atoms with Crippen molar-refractivity contribution in [2.75, 3.05) is 20.1 Å². The van der Waals surface area contributed by atoms with E-state index < -0.39 is 108 Å². The van der Waals surface area contributed by atoms with Crippen molar-refractivity contribution in [3.8, 4) is 5.75 Å². The average molecular weight is 1030 g/mol. The SMILES string of the molecule is C[C@H](NC(=O)[C@H](Cc1ccc(O)cc1)NC(=O)C1(N(C)C(=O)[C@H](CCCN=C(N)N)NC(=O)[C@@H](N)CC(=O)O)CCCC1)C(=O)N[C@@H](Cc1cnc[nH]1)C(=O)N1CCC[C@H]1C(=O)N[C@@H](Cc1ccccc1)C(=O)O. The second-order valence-electron chi connectivity index (χ2n) is 18.6. The van der Waals surface area contributed by atoms with Gasteiger partial charge in [0, 0.05) is 51.3 Å². The van der Waals surface area contributed by atoms with Crippen molar-refractivity contribution < 1.29 is 58.5 Å². The third kappa shape index (κ3) is 15.7. The Kier molecular flexibility index (Phi) is 20.4. The number of H-pyrrole nitrogens is 1. The highest BCUT2D eigenvalue weighted by atomic mass is 16.4. The zero-order chi connectivity index (χ0) is 54.1. The quantitative estimate of drug-likeness (QED) is 0.0242. The number of nitrogens with two attached hydrogens (primary N) is 3. The summed E-state index contributed by atoms with van der Waals surface area (Å²) in [5.41, 5.74) is 16.8. The Morgan fingerprint density at radius 2 is 1.46 bits per heavy atom. The molecule has 2 heterocycles. The number of imidazole rings is 1. The number of aromatic nitrogens is 2. The Hall–Kier alpha value is -8.09. The largest absolute Gasteiger partial charge is 0.508 e. The molecule has 1 aliphatic carbocycles. The summed E-state index contributed by atoms with van der Waals surface area (Å²) in [4.78, 5) is 136. The summed E-state index contributed by atoms with van der Waals surface area (Å²) in [6.45, 7) is 1.57. The number of likely N-dealkylation sites (N-methyl/N-ethyl adjacent to an activating group) is 1. The first-order chi connectivity index (χ1) is 35.2. The normalized spacial score (nSPS) is 17.2. The summed E-state index contributed by atoms with van der Waals surface area (Å²) in [5, 5.41) is 42.4. The molecule has 0 radical (unpaired) electrons. The van der Waals surface area contributed by atoms with Gasteiger partial charge in [-0.05, 0) is 68.7 Å². The van der Waals surface area contributed by atoms with Gasteiger partial charge in [-0.25, -0.2) is 9.78 Å². The van der Waals surface area contributed by atoms with Gasteiger partial charge >= 0.3 is 11.9 Å². The molecule has 3 aromatic rings. The van der Waals surface area contributed by atoms with E-state index in [0.717, 1.165) is 0 Å². The molecule has 1 saturated heterocycles. The van der Waals surface area contributed by atoms with Gasteiger partial charge in [0.1, 0.15) is 47.5 Å². The van der Waals surface area contributed by atoms with Gasteiger partial charge in [-0.2, -0.15) is 0 Å². The Morgan fingerprint density at radius 3 is 2.08 bits per heavy atom. The van der Waals surface area contributed by atoms with E-state index in [9.17, 15) is 58.5 Å². The number of carboxylic acid groups (broad SMARTS) is 2. The minimum absolute atomic E-state index is 0.00148. The fourth-order valence-electron chi connectivity index (χ4n) is 9.12. The first-order valence-electron chi connectivity index (χ1n) is 24.3. The predicted molar refractivity (Wildman–Crippen MR) is 266 cm³/mol. The number of benzene rings is 2. The van der Waals surface area contributed by atoms with Crippen LogP contribution in [0.1, 0.15) is 81.5 Å². The summed E-state index contributed by atoms with van der Waals surface area (Å²) in [7, 11) is 1.39. The number of aromatic amines is 1. The number of aromatic hydroxyl groups is 1. The number of carboxylic acids is 2. The van der Waals surface area contributed by atoms with E-state index in [-0.39, 0.29) is 76.2 Å². The van der Waals surface area contributed by atoms with Crippen LogP contribution in [0, 0.1) is 0 Å². The summed E-state index contributed by atoms with van der Waals surface area (Å²) in [5.74, 6) is -8.17. The molecule has 5 rings (SSSR count). The van der Waals surface area contributed by atoms with E-state index >= 15 is 0 Å². The van der Waals surface area contributed by atoms with Crippen molar-refractivity contribution >= 4 is 59.2 Å². The highest BCUT2D eigenvalue weighted by Crippen LogP contribution is 2.36. The third-order valence-electron chi connectivity index (χ3n) is 13.2. The monoisotopic (exact) mass is 1030 g/mol. The molecule has 0 spiro atoms. The number of rotatable bonds is 26. The van der Waals surface area contributed by atoms with Crippen LogP contribution in [0.5, 0.6) is 5.75 Å². The van der Waals surface area contributed by atoms with Gasteiger partial charge in [-0.1, -0.05) is 55.3 Å². The summed E-state index contributed by atoms with van der Waals surface area (Å²) in [6.07, 6.45) is 3.97. The van der Waals surface area contributed by atoms with Crippen molar-refractivity contribution in [3.63, 3.8) is 0 Å². The summed E-state index contributed by atoms with van der Waals surface area (Å²) in [6, 6.07) is 5.41. The second kappa shape index (κ2) is 26.6. The molecule has 74 heavy (non-hydrogen) atoms. The number of phenolic OH excluding ortho intramolecular Hbond substituents is 1. The van der Waals surface area contributed by atoms with Crippen LogP contribution in [0.25, 0.3) is 0 Å². The molecule has 25 heteroatoms. The predicted octanol–water partition coefficient (Wildman–Crippen LogP) is -1.71. The van der Waals surface area contributed by atoms with Crippen LogP contribution in [0.4, 0.5) is 0 Å². The fourth-order valence-corrected chi connectivity index (χ4v) is 9.12. The highest BCUT2D eigenvalue weighted by molar-refractivity contribution is 5.99. The molecule has 1 aliphatic heterocycles. The molecular formula is C49H67N13O12. The number of amides is 7. The lowest BCUT2D eigenvalue weighted by atomic mass is 9.91. The molecule has 7 amide bonds. The van der Waals surface area contributed by atoms with Crippen molar-refractivity contribution in [1.82, 2.24) is 46.4 Å². The van der Waals surface area contributed by atoms with E-state index in [1.165, 1.54) is 60.6 Å². The molecule has 1 saturated carbocycles. The Labute approximate surface area is 426 Å². The molecule has 15 N–H and O–H groups in total. The van der Waals surface area contributed by atoms with Gasteiger partial charge < -0.3 is 73.9 Å². The average Bonchev–Trinajstić information content (AvgIpc) is 4.18. The van der Waals surface area contributed by atoms with Crippen LogP contribution in [-0.2, 0) is 62.4 Å². The third-order valence-corrected chi connectivity index (χ3v) is 13.2. The number of carbonyl (C=O) groups is 9. The van der Waals surface area contributed by atoms with Gasteiger partial charge in [-0.3, -0.25) is 43.3 Å². The van der Waals surface area contributed by atoms with Crippen LogP contribution < -0.4 is 43.8 Å². The van der Waals surface area contributed by atoms with Crippen molar-refractivity contribution in [2.45, 2.75) is 132 Å². The van der Waals surface area contributed by atoms with Crippen LogP contribution >= 0.6 is 0 Å². The molecule has 1 aromatic heterocycles. The maximum atomic E-state index is 14.7. The summed E-state index contributed by atoms with van der Waals surface area (Å²) >= 11 is 0. The van der Waals surface area contributed by atoms with Crippen molar-refractivity contribution in [3.05, 3.63) is 83.9 Å². The van der Waals surface area contributed by atoms with Crippen LogP contribution in [0.15, 0.2) is 72.1 Å². The first kappa shape index (κ1) is 56.8. The number of aliphatic imine (C=N–C) groups is 1. The zero-order valence-electron chi connectivity index (χ0n) is 41.3. The first-order valence-corrected chi connectivity index (χ1v) is 24.3. The number of guanidine groups is 1. The van der Waals surface area contributed by atoms with Crippen LogP contribution in [0.3, 0.4) is 0 Å². The van der Waals surface area contributed by atoms with Gasteiger partial charge in [0.05, 0.1) is 18.8 Å². The van der Waals surface area contributed by atoms with E-state index in [1.807, 2.05) is 0 Å². The van der Waals surface area contributed by atoms with E-state index in [1.54, 1.807) is 30.3 Å². The minimum Gasteiger partial charge on any atom is -0.508 e. The highest BCUT2D eigenvalue weighted by Gasteiger charge is 2.49. The van der Waals surface area contributed by atoms with Gasteiger partial charge in [0.15, 0.2) is 5.96 Å². The minimum atomic E-state index is -1.55. The van der Waals surface area contributed by atoms with Gasteiger partial charge in [0.2, 0.25) is 41.4 Å². The van der Waals surface area contributed by atoms with E-state index in [4.69, 9.17) is 17.2 Å². The topological polar surface area (TPSA) is 400 Å². The van der Waals surface area contributed by atoms with Gasteiger partial charge in [-0.15, -0.1) is 0 Å². The maximum Gasteiger partial charge on any atom is 0.326 e. The number of phenols is 1. The van der Waals surface area contributed by atoms with Crippen LogP contribution in [0.2, 0.25) is 0 Å². The Balaban J connectivity index is 1.34. The number of hydrogen-bond acceptors (Lipinski definition) is 13. The van der Waals surface area contributed by atoms with Crippen LogP contribution in [-0.4, -0.2) is 162 Å². The Morgan fingerprint density at radius 1 is 0.811 bits per heavy atom. The number of aliphatic carboxylic acids is 2. The standard InChI is InChI=1S/C49H67N13O12/c1-28(40(66)58-36(24-31-26-53-27-55-31)45(71)62-21-9-13-38(62)43(69)59-37(46(72)73)23-29-10-4-3-5-11-29)56-42(68)35(22-30-14-16-32(63)17-15-30)60-47(74)49(18-6-7-19-49)61(2)44(70)34(12-8-20-54-48(51)52)57-41(67)33(50)25-39(64)65/h3-5,10-11,14-17,26-28,33-38,63H,6-9,12-13,18-25,50H2,1-2H3,(H,53,55)(H,56,68)(H,57,67)(H,58,66)(H,59,69)(H,60,74)(H,64,65)(H,72,73)(H4,51,52,54)/t28-,33-,34-,35-,36-,37-,38-/m0/s1. The number of nitrogens with zero attached hydrogens (tertiary/aromatic N) is 4. The molecule has 25 nitrogen and oxygen atoms in total. The van der Waals surface area contributed by atoms with Crippen molar-refractivity contribution in [1.29, 1.82) is 0 Å². The zero-order valence-corrected chi connectivity index (χ0v) is 41.3. The second-order valence-corrected chi connectivity index (χ2v) is 18.6. The molecular weight excluding hydrogens is 963 g/mol. The number of nitrogens with one attached hydrogen (secondary N) is 6. The lowest BCUT2D eigenvalue weighted by Crippen LogP contribution is -2.64. The number of likely N-dealkylation sites (tertiary alicyclic amines) is 1.